The maximum absolute atomic E-state index is 11.2. The molecule has 1 atom stereocenters. The molecule has 0 saturated heterocycles. The summed E-state index contributed by atoms with van der Waals surface area (Å²) in [5, 5.41) is 0.555. The molecule has 94 valence electrons. The van der Waals surface area contributed by atoms with Crippen molar-refractivity contribution in [2.24, 2.45) is 0 Å². The van der Waals surface area contributed by atoms with Crippen LogP contribution in [0.3, 0.4) is 0 Å². The number of carbonyl (C=O) groups excluding carboxylic acids is 1. The second-order valence-electron chi connectivity index (χ2n) is 3.79. The van der Waals surface area contributed by atoms with Gasteiger partial charge in [0.15, 0.2) is 0 Å². The van der Waals surface area contributed by atoms with Crippen LogP contribution in [0, 0.1) is 0 Å². The Morgan fingerprint density at radius 3 is 2.76 bits per heavy atom. The van der Waals surface area contributed by atoms with Gasteiger partial charge in [0.1, 0.15) is 18.5 Å². The molecule has 1 aromatic rings. The maximum Gasteiger partial charge on any atom is 0.306 e. The largest absolute Gasteiger partial charge is 0.488 e. The first-order valence-electron chi connectivity index (χ1n) is 5.70. The molecule has 0 heterocycles. The van der Waals surface area contributed by atoms with E-state index < -0.39 is 0 Å². The standard InChI is InChI=1S/C13H17ClO3/c1-3-6-13(15)17-10(2)9-16-12-8-5-4-7-11(12)14/h4-5,7-8,10H,3,6,9H2,1-2H3. The topological polar surface area (TPSA) is 35.5 Å². The van der Waals surface area contributed by atoms with Crippen molar-refractivity contribution in [2.75, 3.05) is 6.61 Å². The van der Waals surface area contributed by atoms with Crippen LogP contribution in [0.4, 0.5) is 0 Å². The zero-order valence-electron chi connectivity index (χ0n) is 10.1. The summed E-state index contributed by atoms with van der Waals surface area (Å²) in [5.41, 5.74) is 0. The van der Waals surface area contributed by atoms with Crippen molar-refractivity contribution in [1.29, 1.82) is 0 Å². The molecule has 1 aromatic carbocycles. The average Bonchev–Trinajstić information content (AvgIpc) is 2.28. The van der Waals surface area contributed by atoms with Crippen LogP contribution >= 0.6 is 11.6 Å². The van der Waals surface area contributed by atoms with E-state index in [1.165, 1.54) is 0 Å². The van der Waals surface area contributed by atoms with Crippen LogP contribution in [-0.2, 0) is 9.53 Å². The van der Waals surface area contributed by atoms with Crippen LogP contribution in [0.5, 0.6) is 5.75 Å². The molecule has 0 amide bonds. The molecule has 0 aliphatic heterocycles. The number of hydrogen-bond acceptors (Lipinski definition) is 3. The first kappa shape index (κ1) is 13.8. The van der Waals surface area contributed by atoms with E-state index in [0.717, 1.165) is 6.42 Å². The number of rotatable bonds is 6. The minimum Gasteiger partial charge on any atom is -0.488 e. The normalized spacial score (nSPS) is 11.9. The van der Waals surface area contributed by atoms with Gasteiger partial charge in [0, 0.05) is 6.42 Å². The van der Waals surface area contributed by atoms with Crippen molar-refractivity contribution < 1.29 is 14.3 Å². The summed E-state index contributed by atoms with van der Waals surface area (Å²) in [6.45, 7) is 4.04. The highest BCUT2D eigenvalue weighted by Gasteiger charge is 2.10. The molecular weight excluding hydrogens is 240 g/mol. The third kappa shape index (κ3) is 5.09. The molecule has 0 aromatic heterocycles. The monoisotopic (exact) mass is 256 g/mol. The Bertz CT molecular complexity index is 365. The van der Waals surface area contributed by atoms with E-state index in [2.05, 4.69) is 0 Å². The van der Waals surface area contributed by atoms with E-state index in [9.17, 15) is 4.79 Å². The van der Waals surface area contributed by atoms with Crippen molar-refractivity contribution in [3.63, 3.8) is 0 Å². The summed E-state index contributed by atoms with van der Waals surface area (Å²) in [5.74, 6) is 0.412. The minimum absolute atomic E-state index is 0.192. The Morgan fingerprint density at radius 2 is 2.12 bits per heavy atom. The molecule has 0 bridgehead atoms. The van der Waals surface area contributed by atoms with Gasteiger partial charge in [-0.25, -0.2) is 0 Å². The number of ether oxygens (including phenoxy) is 2. The molecule has 0 aliphatic rings. The van der Waals surface area contributed by atoms with E-state index in [1.54, 1.807) is 19.1 Å². The van der Waals surface area contributed by atoms with Crippen LogP contribution in [0.15, 0.2) is 24.3 Å². The van der Waals surface area contributed by atoms with Crippen LogP contribution in [0.2, 0.25) is 5.02 Å². The molecule has 17 heavy (non-hydrogen) atoms. The predicted octanol–water partition coefficient (Wildman–Crippen LogP) is 3.45. The Hall–Kier alpha value is -1.22. The highest BCUT2D eigenvalue weighted by Crippen LogP contribution is 2.23. The van der Waals surface area contributed by atoms with Crippen LogP contribution in [0.1, 0.15) is 26.7 Å². The van der Waals surface area contributed by atoms with Crippen LogP contribution < -0.4 is 4.74 Å². The molecule has 1 rings (SSSR count). The Kier molecular flexibility index (Phi) is 5.84. The fourth-order valence-corrected chi connectivity index (χ4v) is 1.48. The van der Waals surface area contributed by atoms with Gasteiger partial charge in [-0.05, 0) is 25.5 Å². The average molecular weight is 257 g/mol. The van der Waals surface area contributed by atoms with Gasteiger partial charge < -0.3 is 9.47 Å². The molecule has 0 aliphatic carbocycles. The van der Waals surface area contributed by atoms with Gasteiger partial charge >= 0.3 is 5.97 Å². The fourth-order valence-electron chi connectivity index (χ4n) is 1.29. The SMILES string of the molecule is CCCC(=O)OC(C)COc1ccccc1Cl. The fraction of sp³-hybridized carbons (Fsp3) is 0.462. The highest BCUT2D eigenvalue weighted by molar-refractivity contribution is 6.32. The van der Waals surface area contributed by atoms with Crippen molar-refractivity contribution >= 4 is 17.6 Å². The lowest BCUT2D eigenvalue weighted by Crippen LogP contribution is -2.21. The zero-order valence-corrected chi connectivity index (χ0v) is 10.9. The number of hydrogen-bond donors (Lipinski definition) is 0. The van der Waals surface area contributed by atoms with Crippen LogP contribution in [0.25, 0.3) is 0 Å². The number of esters is 1. The second kappa shape index (κ2) is 7.17. The van der Waals surface area contributed by atoms with E-state index in [0.29, 0.717) is 23.8 Å². The molecule has 1 unspecified atom stereocenters. The third-order valence-electron chi connectivity index (χ3n) is 2.10. The summed E-state index contributed by atoms with van der Waals surface area (Å²) in [7, 11) is 0. The van der Waals surface area contributed by atoms with Crippen molar-refractivity contribution in [3.05, 3.63) is 29.3 Å². The summed E-state index contributed by atoms with van der Waals surface area (Å²) >= 11 is 5.93. The second-order valence-corrected chi connectivity index (χ2v) is 4.20. The quantitative estimate of drug-likeness (QED) is 0.732. The first-order valence-corrected chi connectivity index (χ1v) is 6.08. The first-order chi connectivity index (χ1) is 8.13. The highest BCUT2D eigenvalue weighted by atomic mass is 35.5. The van der Waals surface area contributed by atoms with E-state index in [4.69, 9.17) is 21.1 Å². The smallest absolute Gasteiger partial charge is 0.306 e. The van der Waals surface area contributed by atoms with Gasteiger partial charge in [-0.15, -0.1) is 0 Å². The predicted molar refractivity (Wildman–Crippen MR) is 67.4 cm³/mol. The summed E-state index contributed by atoms with van der Waals surface area (Å²) in [6, 6.07) is 7.21. The number of para-hydroxylation sites is 1. The Morgan fingerprint density at radius 1 is 1.41 bits per heavy atom. The maximum atomic E-state index is 11.2. The lowest BCUT2D eigenvalue weighted by molar-refractivity contribution is -0.149. The van der Waals surface area contributed by atoms with Gasteiger partial charge in [0.2, 0.25) is 0 Å². The summed E-state index contributed by atoms with van der Waals surface area (Å²) in [4.78, 5) is 11.2. The molecule has 0 fully saturated rings. The number of halogens is 1. The van der Waals surface area contributed by atoms with Crippen molar-refractivity contribution in [2.45, 2.75) is 32.8 Å². The Labute approximate surface area is 107 Å². The zero-order chi connectivity index (χ0) is 12.7. The third-order valence-corrected chi connectivity index (χ3v) is 2.41. The number of carbonyl (C=O) groups is 1. The minimum atomic E-state index is -0.273. The molecule has 0 radical (unpaired) electrons. The van der Waals surface area contributed by atoms with Crippen LogP contribution in [-0.4, -0.2) is 18.7 Å². The van der Waals surface area contributed by atoms with Gasteiger partial charge in [-0.3, -0.25) is 4.79 Å². The van der Waals surface area contributed by atoms with Gasteiger partial charge in [0.05, 0.1) is 5.02 Å². The summed E-state index contributed by atoms with van der Waals surface area (Å²) < 4.78 is 10.6. The molecule has 0 spiro atoms. The van der Waals surface area contributed by atoms with E-state index in [1.807, 2.05) is 19.1 Å². The van der Waals surface area contributed by atoms with E-state index >= 15 is 0 Å². The van der Waals surface area contributed by atoms with Gasteiger partial charge in [-0.1, -0.05) is 30.7 Å². The molecule has 0 saturated carbocycles. The molecule has 3 nitrogen and oxygen atoms in total. The van der Waals surface area contributed by atoms with Crippen molar-refractivity contribution in [1.82, 2.24) is 0 Å². The van der Waals surface area contributed by atoms with E-state index in [-0.39, 0.29) is 12.1 Å². The molecular formula is C13H17ClO3. The van der Waals surface area contributed by atoms with Gasteiger partial charge in [0.25, 0.3) is 0 Å². The lowest BCUT2D eigenvalue weighted by atomic mass is 10.3. The molecule has 4 heteroatoms. The number of benzene rings is 1. The van der Waals surface area contributed by atoms with Gasteiger partial charge in [-0.2, -0.15) is 0 Å². The van der Waals surface area contributed by atoms with Crippen molar-refractivity contribution in [3.8, 4) is 5.75 Å². The summed E-state index contributed by atoms with van der Waals surface area (Å²) in [6.07, 6.45) is 0.957. The molecule has 0 N–H and O–H groups in total. The Balaban J connectivity index is 2.35. The lowest BCUT2D eigenvalue weighted by Gasteiger charge is -2.14.